The molecule has 0 saturated carbocycles. The van der Waals surface area contributed by atoms with Gasteiger partial charge in [0.05, 0.1) is 17.1 Å². The van der Waals surface area contributed by atoms with Gasteiger partial charge in [-0.1, -0.05) is 148 Å². The first kappa shape index (κ1) is 34.2. The molecule has 276 valence electrons. The summed E-state index contributed by atoms with van der Waals surface area (Å²) in [4.78, 5) is 7.56. The SMILES string of the molecule is CC1CC=CC2=C1CCc1ccccc1N2c1cccc2c(C=Cc3ccc4c(c3)C(C)(C)c3cc(N5c6ccccc6Sc6ccccc65)ccc3-4)cccc12. The Bertz CT molecular complexity index is 2830. The van der Waals surface area contributed by atoms with Crippen LogP contribution in [0.3, 0.4) is 0 Å². The molecular formula is C54H44N2S. The Balaban J connectivity index is 0.950. The lowest BCUT2D eigenvalue weighted by molar-refractivity contribution is 0.639. The Labute approximate surface area is 340 Å². The molecule has 0 bridgehead atoms. The third kappa shape index (κ3) is 5.47. The normalized spacial score (nSPS) is 17.5. The average molecular weight is 753 g/mol. The second kappa shape index (κ2) is 13.3. The molecule has 1 unspecified atom stereocenters. The lowest BCUT2D eigenvalue weighted by Crippen LogP contribution is -2.20. The second-order valence-corrected chi connectivity index (χ2v) is 17.6. The fourth-order valence-corrected chi connectivity index (χ4v) is 10.9. The Morgan fingerprint density at radius 3 is 2.07 bits per heavy atom. The van der Waals surface area contributed by atoms with Crippen molar-refractivity contribution in [2.45, 2.75) is 55.2 Å². The molecule has 11 rings (SSSR count). The first-order valence-electron chi connectivity index (χ1n) is 20.4. The minimum absolute atomic E-state index is 0.148. The summed E-state index contributed by atoms with van der Waals surface area (Å²) in [5.74, 6) is 0.547. The molecule has 0 radical (unpaired) electrons. The van der Waals surface area contributed by atoms with Crippen molar-refractivity contribution in [3.05, 3.63) is 197 Å². The highest BCUT2D eigenvalue weighted by Gasteiger charge is 2.37. The fourth-order valence-electron chi connectivity index (χ4n) is 9.89. The van der Waals surface area contributed by atoms with E-state index in [4.69, 9.17) is 0 Å². The molecule has 0 spiro atoms. The summed E-state index contributed by atoms with van der Waals surface area (Å²) in [7, 11) is 0. The minimum Gasteiger partial charge on any atom is -0.310 e. The maximum Gasteiger partial charge on any atom is 0.0601 e. The summed E-state index contributed by atoms with van der Waals surface area (Å²) in [6.07, 6.45) is 12.7. The number of hydrogen-bond acceptors (Lipinski definition) is 3. The Kier molecular flexibility index (Phi) is 7.98. The third-order valence-electron chi connectivity index (χ3n) is 12.8. The summed E-state index contributed by atoms with van der Waals surface area (Å²) in [5, 5.41) is 2.54. The molecule has 2 heterocycles. The molecule has 7 aromatic carbocycles. The first-order valence-corrected chi connectivity index (χ1v) is 21.2. The van der Waals surface area contributed by atoms with Gasteiger partial charge >= 0.3 is 0 Å². The zero-order valence-corrected chi connectivity index (χ0v) is 33.5. The van der Waals surface area contributed by atoms with Crippen LogP contribution in [0.25, 0.3) is 34.1 Å². The molecule has 3 heteroatoms. The number of para-hydroxylation sites is 3. The van der Waals surface area contributed by atoms with Gasteiger partial charge in [0, 0.05) is 37.7 Å². The zero-order valence-electron chi connectivity index (χ0n) is 32.7. The monoisotopic (exact) mass is 752 g/mol. The number of hydrogen-bond donors (Lipinski definition) is 0. The number of benzene rings is 7. The smallest absolute Gasteiger partial charge is 0.0601 e. The van der Waals surface area contributed by atoms with Crippen LogP contribution in [-0.2, 0) is 11.8 Å². The Morgan fingerprint density at radius 2 is 1.26 bits per heavy atom. The Hall–Kier alpha value is -6.03. The molecule has 2 aliphatic carbocycles. The van der Waals surface area contributed by atoms with Crippen molar-refractivity contribution in [2.75, 3.05) is 9.80 Å². The molecule has 0 amide bonds. The first-order chi connectivity index (χ1) is 27.9. The van der Waals surface area contributed by atoms with E-state index in [1.807, 2.05) is 11.8 Å². The molecule has 7 aromatic rings. The van der Waals surface area contributed by atoms with Gasteiger partial charge in [-0.25, -0.2) is 0 Å². The molecule has 2 aliphatic heterocycles. The third-order valence-corrected chi connectivity index (χ3v) is 14.0. The van der Waals surface area contributed by atoms with E-state index >= 15 is 0 Å². The van der Waals surface area contributed by atoms with E-state index in [1.54, 1.807) is 5.57 Å². The molecule has 0 fully saturated rings. The minimum atomic E-state index is -0.148. The van der Waals surface area contributed by atoms with Crippen LogP contribution in [0.5, 0.6) is 0 Å². The van der Waals surface area contributed by atoms with Crippen LogP contribution in [0.15, 0.2) is 179 Å². The number of nitrogens with zero attached hydrogens (tertiary/aromatic N) is 2. The van der Waals surface area contributed by atoms with Gasteiger partial charge in [0.2, 0.25) is 0 Å². The van der Waals surface area contributed by atoms with Crippen LogP contribution in [0.2, 0.25) is 0 Å². The van der Waals surface area contributed by atoms with Crippen LogP contribution in [0.1, 0.15) is 61.4 Å². The van der Waals surface area contributed by atoms with E-state index in [0.29, 0.717) is 5.92 Å². The van der Waals surface area contributed by atoms with E-state index in [-0.39, 0.29) is 5.41 Å². The fraction of sp³-hybridized carbons (Fsp3) is 0.148. The van der Waals surface area contributed by atoms with Gasteiger partial charge in [0.1, 0.15) is 0 Å². The maximum absolute atomic E-state index is 2.55. The van der Waals surface area contributed by atoms with E-state index in [1.165, 1.54) is 93.6 Å². The number of fused-ring (bicyclic) bond motifs is 7. The molecule has 0 N–H and O–H groups in total. The molecule has 1 atom stereocenters. The van der Waals surface area contributed by atoms with Crippen LogP contribution in [-0.4, -0.2) is 0 Å². The van der Waals surface area contributed by atoms with Gasteiger partial charge in [-0.2, -0.15) is 0 Å². The summed E-state index contributed by atoms with van der Waals surface area (Å²) >= 11 is 1.86. The molecular weight excluding hydrogens is 709 g/mol. The highest BCUT2D eigenvalue weighted by atomic mass is 32.2. The van der Waals surface area contributed by atoms with Crippen molar-refractivity contribution in [3.8, 4) is 11.1 Å². The van der Waals surface area contributed by atoms with Gasteiger partial charge < -0.3 is 9.80 Å². The van der Waals surface area contributed by atoms with Gasteiger partial charge in [-0.15, -0.1) is 0 Å². The van der Waals surface area contributed by atoms with Crippen molar-refractivity contribution in [1.82, 2.24) is 0 Å². The van der Waals surface area contributed by atoms with Gasteiger partial charge in [0.25, 0.3) is 0 Å². The predicted octanol–water partition coefficient (Wildman–Crippen LogP) is 15.2. The van der Waals surface area contributed by atoms with E-state index < -0.39 is 0 Å². The van der Waals surface area contributed by atoms with Gasteiger partial charge in [-0.05, 0) is 130 Å². The lowest BCUT2D eigenvalue weighted by Gasteiger charge is -2.33. The van der Waals surface area contributed by atoms with Crippen LogP contribution < -0.4 is 9.80 Å². The largest absolute Gasteiger partial charge is 0.310 e. The van der Waals surface area contributed by atoms with Crippen LogP contribution >= 0.6 is 11.8 Å². The number of aryl methyl sites for hydroxylation is 1. The highest BCUT2D eigenvalue weighted by molar-refractivity contribution is 7.99. The average Bonchev–Trinajstić information content (AvgIpc) is 3.34. The topological polar surface area (TPSA) is 6.48 Å². The van der Waals surface area contributed by atoms with Gasteiger partial charge in [-0.3, -0.25) is 0 Å². The summed E-state index contributed by atoms with van der Waals surface area (Å²) < 4.78 is 0. The summed E-state index contributed by atoms with van der Waals surface area (Å²) in [5.41, 5.74) is 18.3. The van der Waals surface area contributed by atoms with E-state index in [9.17, 15) is 0 Å². The van der Waals surface area contributed by atoms with E-state index in [0.717, 1.165) is 19.3 Å². The Morgan fingerprint density at radius 1 is 0.596 bits per heavy atom. The summed E-state index contributed by atoms with van der Waals surface area (Å²) in [6, 6.07) is 54.3. The van der Waals surface area contributed by atoms with Crippen molar-refractivity contribution in [3.63, 3.8) is 0 Å². The van der Waals surface area contributed by atoms with Crippen LogP contribution in [0, 0.1) is 5.92 Å². The maximum atomic E-state index is 2.55. The number of allylic oxidation sites excluding steroid dienone is 3. The van der Waals surface area contributed by atoms with Gasteiger partial charge in [0.15, 0.2) is 0 Å². The number of rotatable bonds is 4. The van der Waals surface area contributed by atoms with E-state index in [2.05, 4.69) is 200 Å². The summed E-state index contributed by atoms with van der Waals surface area (Å²) in [6.45, 7) is 7.17. The molecule has 4 aliphatic rings. The standard InChI is InChI=1S/C54H44N2S/c1-35-13-10-21-48-40(35)31-28-38-14-4-5-18-47(38)56(48)49-22-12-16-41-37(15-11-17-44(41)49)27-25-36-26-30-42-43-32-29-39(34-46(43)54(2,3)45(42)33-36)55-50-19-6-8-23-52(50)57-53-24-9-7-20-51(53)55/h4-12,14-27,29-30,32-35H,13,28,31H2,1-3H3. The van der Waals surface area contributed by atoms with Crippen molar-refractivity contribution >= 4 is 63.1 Å². The molecule has 0 saturated heterocycles. The van der Waals surface area contributed by atoms with Crippen molar-refractivity contribution in [2.24, 2.45) is 5.92 Å². The van der Waals surface area contributed by atoms with Crippen molar-refractivity contribution < 1.29 is 0 Å². The predicted molar refractivity (Wildman–Crippen MR) is 243 cm³/mol. The highest BCUT2D eigenvalue weighted by Crippen LogP contribution is 2.55. The number of anilines is 5. The second-order valence-electron chi connectivity index (χ2n) is 16.5. The lowest BCUT2D eigenvalue weighted by atomic mass is 9.81. The quantitative estimate of drug-likeness (QED) is 0.165. The molecule has 2 nitrogen and oxygen atoms in total. The van der Waals surface area contributed by atoms with Crippen molar-refractivity contribution in [1.29, 1.82) is 0 Å². The molecule has 0 aromatic heterocycles. The molecule has 57 heavy (non-hydrogen) atoms. The van der Waals surface area contributed by atoms with Crippen LogP contribution in [0.4, 0.5) is 28.4 Å². The zero-order chi connectivity index (χ0) is 38.3.